The number of benzene rings is 1. The molecule has 0 bridgehead atoms. The molecule has 2 aliphatic rings. The maximum absolute atomic E-state index is 13.5. The van der Waals surface area contributed by atoms with Crippen LogP contribution in [0.4, 0.5) is 10.1 Å². The Kier molecular flexibility index (Phi) is 3.01. The van der Waals surface area contributed by atoms with Crippen LogP contribution in [-0.2, 0) is 9.59 Å². The highest BCUT2D eigenvalue weighted by molar-refractivity contribution is 9.10. The van der Waals surface area contributed by atoms with Crippen molar-refractivity contribution in [1.29, 1.82) is 0 Å². The highest BCUT2D eigenvalue weighted by atomic mass is 79.9. The van der Waals surface area contributed by atoms with Gasteiger partial charge in [-0.1, -0.05) is 12.2 Å². The SMILES string of the molecule is O=C1[C@H]2CC=CC[C@H]2C(=O)N1c1ccc(Br)c(F)c1. The van der Waals surface area contributed by atoms with E-state index in [2.05, 4.69) is 15.9 Å². The molecule has 5 heteroatoms. The molecule has 0 N–H and O–H groups in total. The summed E-state index contributed by atoms with van der Waals surface area (Å²) in [4.78, 5) is 25.7. The van der Waals surface area contributed by atoms with Crippen molar-refractivity contribution in [3.8, 4) is 0 Å². The Morgan fingerprint density at radius 1 is 1.11 bits per heavy atom. The minimum Gasteiger partial charge on any atom is -0.274 e. The number of allylic oxidation sites excluding steroid dienone is 2. The predicted molar refractivity (Wildman–Crippen MR) is 71.9 cm³/mol. The number of hydrogen-bond donors (Lipinski definition) is 0. The van der Waals surface area contributed by atoms with Crippen LogP contribution in [0.2, 0.25) is 0 Å². The molecule has 1 fully saturated rings. The number of nitrogens with zero attached hydrogens (tertiary/aromatic N) is 1. The summed E-state index contributed by atoms with van der Waals surface area (Å²) in [6.07, 6.45) is 5.03. The Hall–Kier alpha value is -1.49. The Morgan fingerprint density at radius 3 is 2.21 bits per heavy atom. The molecule has 98 valence electrons. The van der Waals surface area contributed by atoms with Crippen LogP contribution in [0, 0.1) is 17.7 Å². The summed E-state index contributed by atoms with van der Waals surface area (Å²) in [6.45, 7) is 0. The normalized spacial score (nSPS) is 25.9. The van der Waals surface area contributed by atoms with Crippen molar-refractivity contribution >= 4 is 33.4 Å². The highest BCUT2D eigenvalue weighted by Crippen LogP contribution is 2.38. The van der Waals surface area contributed by atoms with Gasteiger partial charge in [0.25, 0.3) is 0 Å². The number of hydrogen-bond acceptors (Lipinski definition) is 2. The number of anilines is 1. The van der Waals surface area contributed by atoms with E-state index >= 15 is 0 Å². The van der Waals surface area contributed by atoms with Crippen molar-refractivity contribution in [3.63, 3.8) is 0 Å². The van der Waals surface area contributed by atoms with Crippen molar-refractivity contribution in [2.75, 3.05) is 4.90 Å². The van der Waals surface area contributed by atoms with E-state index in [1.807, 2.05) is 12.2 Å². The van der Waals surface area contributed by atoms with Crippen molar-refractivity contribution in [3.05, 3.63) is 40.6 Å². The van der Waals surface area contributed by atoms with E-state index in [0.29, 0.717) is 23.0 Å². The fourth-order valence-corrected chi connectivity index (χ4v) is 2.93. The molecule has 1 aromatic carbocycles. The quantitative estimate of drug-likeness (QED) is 0.588. The van der Waals surface area contributed by atoms with Crippen LogP contribution < -0.4 is 4.90 Å². The lowest BCUT2D eigenvalue weighted by atomic mass is 9.85. The number of carbonyl (C=O) groups is 2. The average Bonchev–Trinajstić information content (AvgIpc) is 2.66. The first kappa shape index (κ1) is 12.5. The van der Waals surface area contributed by atoms with Gasteiger partial charge in [-0.05, 0) is 47.0 Å². The first-order valence-corrected chi connectivity index (χ1v) is 6.87. The fourth-order valence-electron chi connectivity index (χ4n) is 2.68. The van der Waals surface area contributed by atoms with E-state index < -0.39 is 5.82 Å². The Morgan fingerprint density at radius 2 is 1.68 bits per heavy atom. The van der Waals surface area contributed by atoms with Gasteiger partial charge in [-0.15, -0.1) is 0 Å². The minimum atomic E-state index is -0.480. The molecule has 2 atom stereocenters. The van der Waals surface area contributed by atoms with Gasteiger partial charge in [-0.25, -0.2) is 9.29 Å². The summed E-state index contributed by atoms with van der Waals surface area (Å²) in [7, 11) is 0. The van der Waals surface area contributed by atoms with Crippen LogP contribution in [-0.4, -0.2) is 11.8 Å². The summed E-state index contributed by atoms with van der Waals surface area (Å²) in [5, 5.41) is 0. The van der Waals surface area contributed by atoms with E-state index in [4.69, 9.17) is 0 Å². The first-order valence-electron chi connectivity index (χ1n) is 6.07. The number of imide groups is 1. The monoisotopic (exact) mass is 323 g/mol. The zero-order chi connectivity index (χ0) is 13.6. The molecule has 0 radical (unpaired) electrons. The largest absolute Gasteiger partial charge is 0.274 e. The number of rotatable bonds is 1. The van der Waals surface area contributed by atoms with E-state index in [-0.39, 0.29) is 23.7 Å². The van der Waals surface area contributed by atoms with E-state index in [9.17, 15) is 14.0 Å². The lowest BCUT2D eigenvalue weighted by Gasteiger charge is -2.15. The second kappa shape index (κ2) is 4.56. The average molecular weight is 324 g/mol. The molecular formula is C14H11BrFNO2. The van der Waals surface area contributed by atoms with Gasteiger partial charge < -0.3 is 0 Å². The van der Waals surface area contributed by atoms with Gasteiger partial charge in [0.05, 0.1) is 22.0 Å². The van der Waals surface area contributed by atoms with Crippen LogP contribution in [0.15, 0.2) is 34.8 Å². The van der Waals surface area contributed by atoms with Crippen LogP contribution in [0.5, 0.6) is 0 Å². The molecule has 0 saturated carbocycles. The second-order valence-electron chi connectivity index (χ2n) is 4.77. The summed E-state index contributed by atoms with van der Waals surface area (Å²) in [6, 6.07) is 4.30. The van der Waals surface area contributed by atoms with Gasteiger partial charge in [0.2, 0.25) is 11.8 Å². The van der Waals surface area contributed by atoms with Crippen LogP contribution in [0.25, 0.3) is 0 Å². The van der Waals surface area contributed by atoms with Crippen molar-refractivity contribution in [2.24, 2.45) is 11.8 Å². The van der Waals surface area contributed by atoms with Gasteiger partial charge in [0.1, 0.15) is 5.82 Å². The molecule has 1 aliphatic heterocycles. The van der Waals surface area contributed by atoms with E-state index in [1.54, 1.807) is 6.07 Å². The molecule has 0 spiro atoms. The summed E-state index contributed by atoms with van der Waals surface area (Å²) in [5.41, 5.74) is 0.310. The van der Waals surface area contributed by atoms with Crippen molar-refractivity contribution < 1.29 is 14.0 Å². The third kappa shape index (κ3) is 1.92. The van der Waals surface area contributed by atoms with Crippen LogP contribution in [0.3, 0.4) is 0 Å². The topological polar surface area (TPSA) is 37.4 Å². The molecule has 1 aromatic rings. The number of halogens is 2. The van der Waals surface area contributed by atoms with E-state index in [1.165, 1.54) is 12.1 Å². The summed E-state index contributed by atoms with van der Waals surface area (Å²) >= 11 is 3.06. The maximum Gasteiger partial charge on any atom is 0.238 e. The molecular weight excluding hydrogens is 313 g/mol. The van der Waals surface area contributed by atoms with Gasteiger partial charge >= 0.3 is 0 Å². The number of amides is 2. The van der Waals surface area contributed by atoms with Gasteiger partial charge in [-0.3, -0.25) is 9.59 Å². The molecule has 2 amide bonds. The lowest BCUT2D eigenvalue weighted by Crippen LogP contribution is -2.30. The third-order valence-electron chi connectivity index (χ3n) is 3.67. The zero-order valence-corrected chi connectivity index (χ0v) is 11.6. The zero-order valence-electron chi connectivity index (χ0n) is 9.98. The van der Waals surface area contributed by atoms with E-state index in [0.717, 1.165) is 4.90 Å². The molecule has 1 aliphatic carbocycles. The van der Waals surface area contributed by atoms with Gasteiger partial charge in [-0.2, -0.15) is 0 Å². The van der Waals surface area contributed by atoms with Crippen molar-refractivity contribution in [1.82, 2.24) is 0 Å². The number of carbonyl (C=O) groups excluding carboxylic acids is 2. The standard InChI is InChI=1S/C14H11BrFNO2/c15-11-6-5-8(7-12(11)16)17-13(18)9-3-1-2-4-10(9)14(17)19/h1-2,5-7,9-10H,3-4H2/t9-,10+. The molecule has 3 rings (SSSR count). The molecule has 19 heavy (non-hydrogen) atoms. The minimum absolute atomic E-state index is 0.221. The number of fused-ring (bicyclic) bond motifs is 1. The molecule has 1 saturated heterocycles. The highest BCUT2D eigenvalue weighted by Gasteiger charge is 2.47. The third-order valence-corrected chi connectivity index (χ3v) is 4.31. The van der Waals surface area contributed by atoms with Crippen LogP contribution in [0.1, 0.15) is 12.8 Å². The molecule has 0 unspecified atom stereocenters. The summed E-state index contributed by atoms with van der Waals surface area (Å²) < 4.78 is 13.9. The summed E-state index contributed by atoms with van der Waals surface area (Å²) in [5.74, 6) is -1.50. The first-order chi connectivity index (χ1) is 9.09. The predicted octanol–water partition coefficient (Wildman–Crippen LogP) is 3.04. The van der Waals surface area contributed by atoms with Gasteiger partial charge in [0, 0.05) is 0 Å². The Bertz CT molecular complexity index is 573. The fraction of sp³-hybridized carbons (Fsp3) is 0.286. The Balaban J connectivity index is 1.99. The second-order valence-corrected chi connectivity index (χ2v) is 5.62. The smallest absolute Gasteiger partial charge is 0.238 e. The molecule has 0 aromatic heterocycles. The maximum atomic E-state index is 13.5. The Labute approximate surface area is 118 Å². The van der Waals surface area contributed by atoms with Crippen LogP contribution >= 0.6 is 15.9 Å². The lowest BCUT2D eigenvalue weighted by molar-refractivity contribution is -0.122. The molecule has 3 nitrogen and oxygen atoms in total. The van der Waals surface area contributed by atoms with Crippen molar-refractivity contribution in [2.45, 2.75) is 12.8 Å². The van der Waals surface area contributed by atoms with Gasteiger partial charge in [0.15, 0.2) is 0 Å². The molecule has 1 heterocycles.